The second-order valence-electron chi connectivity index (χ2n) is 7.40. The van der Waals surface area contributed by atoms with Crippen molar-refractivity contribution < 1.29 is 14.3 Å². The molecule has 0 unspecified atom stereocenters. The molecule has 6 nitrogen and oxygen atoms in total. The smallest absolute Gasteiger partial charge is 0.411 e. The van der Waals surface area contributed by atoms with Gasteiger partial charge in [0.1, 0.15) is 5.75 Å². The van der Waals surface area contributed by atoms with Crippen molar-refractivity contribution in [3.63, 3.8) is 0 Å². The summed E-state index contributed by atoms with van der Waals surface area (Å²) in [6.07, 6.45) is 1.68. The van der Waals surface area contributed by atoms with E-state index in [9.17, 15) is 4.79 Å². The van der Waals surface area contributed by atoms with Crippen molar-refractivity contribution in [2.24, 2.45) is 0 Å². The molecule has 0 radical (unpaired) electrons. The van der Waals surface area contributed by atoms with E-state index in [1.54, 1.807) is 7.11 Å². The fraction of sp³-hybridized carbons (Fsp3) is 0.318. The number of fused-ring (bicyclic) bond motifs is 1. The highest BCUT2D eigenvalue weighted by atomic mass is 16.6. The van der Waals surface area contributed by atoms with Crippen LogP contribution >= 0.6 is 0 Å². The number of amides is 1. The molecule has 1 aliphatic rings. The van der Waals surface area contributed by atoms with Gasteiger partial charge in [-0.15, -0.1) is 0 Å². The maximum absolute atomic E-state index is 11.8. The van der Waals surface area contributed by atoms with E-state index in [-0.39, 0.29) is 6.10 Å². The highest BCUT2D eigenvalue weighted by Crippen LogP contribution is 2.46. The van der Waals surface area contributed by atoms with Gasteiger partial charge < -0.3 is 19.8 Å². The number of nitrogen functional groups attached to an aromatic ring is 1. The Morgan fingerprint density at radius 2 is 1.89 bits per heavy atom. The lowest BCUT2D eigenvalue weighted by Crippen LogP contribution is -2.17. The minimum absolute atomic E-state index is 0.162. The van der Waals surface area contributed by atoms with Gasteiger partial charge in [-0.1, -0.05) is 12.1 Å². The first-order valence-corrected chi connectivity index (χ1v) is 9.53. The number of hydrogen-bond acceptors (Lipinski definition) is 4. The van der Waals surface area contributed by atoms with Crippen molar-refractivity contribution in [3.8, 4) is 17.0 Å². The van der Waals surface area contributed by atoms with Crippen LogP contribution in [-0.4, -0.2) is 23.9 Å². The van der Waals surface area contributed by atoms with Crippen molar-refractivity contribution in [1.29, 1.82) is 0 Å². The van der Waals surface area contributed by atoms with Crippen LogP contribution in [0.4, 0.5) is 16.2 Å². The lowest BCUT2D eigenvalue weighted by Gasteiger charge is -2.12. The third-order valence-corrected chi connectivity index (χ3v) is 4.91. The second kappa shape index (κ2) is 7.11. The number of rotatable bonds is 5. The van der Waals surface area contributed by atoms with Gasteiger partial charge in [0.2, 0.25) is 0 Å². The van der Waals surface area contributed by atoms with Gasteiger partial charge in [-0.05, 0) is 51.0 Å². The van der Waals surface area contributed by atoms with E-state index in [1.165, 1.54) is 0 Å². The molecule has 146 valence electrons. The van der Waals surface area contributed by atoms with Crippen molar-refractivity contribution in [1.82, 2.24) is 4.57 Å². The summed E-state index contributed by atoms with van der Waals surface area (Å²) >= 11 is 0. The van der Waals surface area contributed by atoms with Gasteiger partial charge in [-0.25, -0.2) is 4.79 Å². The molecule has 4 rings (SSSR count). The van der Waals surface area contributed by atoms with Gasteiger partial charge in [0.15, 0.2) is 0 Å². The predicted molar refractivity (Wildman–Crippen MR) is 112 cm³/mol. The fourth-order valence-electron chi connectivity index (χ4n) is 3.52. The van der Waals surface area contributed by atoms with E-state index in [0.29, 0.717) is 11.7 Å². The Labute approximate surface area is 164 Å². The van der Waals surface area contributed by atoms with Crippen molar-refractivity contribution >= 4 is 28.4 Å². The van der Waals surface area contributed by atoms with E-state index in [1.807, 2.05) is 56.3 Å². The Kier molecular flexibility index (Phi) is 4.63. The molecule has 1 saturated carbocycles. The molecule has 0 aliphatic heterocycles. The number of anilines is 2. The highest BCUT2D eigenvalue weighted by molar-refractivity contribution is 6.01. The molecule has 3 N–H and O–H groups in total. The Morgan fingerprint density at radius 3 is 2.50 bits per heavy atom. The lowest BCUT2D eigenvalue weighted by molar-refractivity contribution is 0.130. The SMILES string of the molecule is COc1ccc2c(N)c(-c3ccc(NC(=O)OC(C)C)cc3)n(C3CC3)c2c1. The molecule has 2 aromatic carbocycles. The van der Waals surface area contributed by atoms with Crippen LogP contribution in [0.2, 0.25) is 0 Å². The van der Waals surface area contributed by atoms with E-state index in [2.05, 4.69) is 9.88 Å². The van der Waals surface area contributed by atoms with Crippen LogP contribution in [0.3, 0.4) is 0 Å². The summed E-state index contributed by atoms with van der Waals surface area (Å²) in [7, 11) is 1.67. The first-order valence-electron chi connectivity index (χ1n) is 9.53. The predicted octanol–water partition coefficient (Wildman–Crippen LogP) is 5.19. The first kappa shape index (κ1) is 18.2. The minimum atomic E-state index is -0.457. The number of methoxy groups -OCH3 is 1. The van der Waals surface area contributed by atoms with Crippen molar-refractivity contribution in [2.75, 3.05) is 18.2 Å². The van der Waals surface area contributed by atoms with Crippen LogP contribution in [0.1, 0.15) is 32.7 Å². The average Bonchev–Trinajstić information content (AvgIpc) is 3.46. The van der Waals surface area contributed by atoms with Gasteiger partial charge in [0.05, 0.1) is 30.1 Å². The number of carbonyl (C=O) groups excluding carboxylic acids is 1. The average molecular weight is 379 g/mol. The number of nitrogens with two attached hydrogens (primary N) is 1. The van der Waals surface area contributed by atoms with Crippen LogP contribution in [0.5, 0.6) is 5.75 Å². The van der Waals surface area contributed by atoms with Gasteiger partial charge in [-0.3, -0.25) is 5.32 Å². The molecule has 28 heavy (non-hydrogen) atoms. The Morgan fingerprint density at radius 1 is 1.18 bits per heavy atom. The van der Waals surface area contributed by atoms with Gasteiger partial charge in [0, 0.05) is 28.7 Å². The monoisotopic (exact) mass is 379 g/mol. The lowest BCUT2D eigenvalue weighted by atomic mass is 10.1. The Balaban J connectivity index is 1.72. The quantitative estimate of drug-likeness (QED) is 0.639. The van der Waals surface area contributed by atoms with Crippen LogP contribution in [-0.2, 0) is 4.74 Å². The maximum atomic E-state index is 11.8. The third-order valence-electron chi connectivity index (χ3n) is 4.91. The standard InChI is InChI=1S/C22H25N3O3/c1-13(2)28-22(26)24-15-6-4-14(5-7-15)21-20(23)18-11-10-17(27-3)12-19(18)25(21)16-8-9-16/h4-7,10-13,16H,8-9,23H2,1-3H3,(H,24,26). The fourth-order valence-corrected chi connectivity index (χ4v) is 3.52. The molecule has 0 saturated heterocycles. The summed E-state index contributed by atoms with van der Waals surface area (Å²) in [6, 6.07) is 14.2. The summed E-state index contributed by atoms with van der Waals surface area (Å²) in [5.41, 5.74) is 11.1. The van der Waals surface area contributed by atoms with Crippen LogP contribution in [0.25, 0.3) is 22.2 Å². The topological polar surface area (TPSA) is 78.5 Å². The number of benzene rings is 2. The zero-order chi connectivity index (χ0) is 19.8. The number of ether oxygens (including phenoxy) is 2. The first-order chi connectivity index (χ1) is 13.5. The molecule has 6 heteroatoms. The minimum Gasteiger partial charge on any atom is -0.497 e. The zero-order valence-electron chi connectivity index (χ0n) is 16.4. The Hall–Kier alpha value is -3.15. The molecule has 1 fully saturated rings. The van der Waals surface area contributed by atoms with E-state index >= 15 is 0 Å². The molecule has 1 aromatic heterocycles. The summed E-state index contributed by atoms with van der Waals surface area (Å²) in [6.45, 7) is 3.63. The van der Waals surface area contributed by atoms with Crippen molar-refractivity contribution in [3.05, 3.63) is 42.5 Å². The van der Waals surface area contributed by atoms with Crippen LogP contribution in [0, 0.1) is 0 Å². The van der Waals surface area contributed by atoms with Gasteiger partial charge >= 0.3 is 6.09 Å². The van der Waals surface area contributed by atoms with Crippen LogP contribution < -0.4 is 15.8 Å². The van der Waals surface area contributed by atoms with Gasteiger partial charge in [0.25, 0.3) is 0 Å². The summed E-state index contributed by atoms with van der Waals surface area (Å²) < 4.78 is 12.9. The van der Waals surface area contributed by atoms with Crippen molar-refractivity contribution in [2.45, 2.75) is 38.8 Å². The van der Waals surface area contributed by atoms with E-state index in [0.717, 1.165) is 46.4 Å². The summed E-state index contributed by atoms with van der Waals surface area (Å²) in [5.74, 6) is 0.821. The maximum Gasteiger partial charge on any atom is 0.411 e. The molecule has 3 aromatic rings. The molecular weight excluding hydrogens is 354 g/mol. The normalized spacial score (nSPS) is 13.7. The summed E-state index contributed by atoms with van der Waals surface area (Å²) in [5, 5.41) is 3.77. The number of hydrogen-bond donors (Lipinski definition) is 2. The number of carbonyl (C=O) groups is 1. The molecule has 0 atom stereocenters. The molecule has 1 aliphatic carbocycles. The van der Waals surface area contributed by atoms with E-state index < -0.39 is 6.09 Å². The zero-order valence-corrected chi connectivity index (χ0v) is 16.4. The second-order valence-corrected chi connectivity index (χ2v) is 7.40. The largest absolute Gasteiger partial charge is 0.497 e. The molecule has 0 spiro atoms. The number of nitrogens with one attached hydrogen (secondary N) is 1. The number of nitrogens with zero attached hydrogens (tertiary/aromatic N) is 1. The van der Waals surface area contributed by atoms with Gasteiger partial charge in [-0.2, -0.15) is 0 Å². The highest BCUT2D eigenvalue weighted by Gasteiger charge is 2.30. The molecule has 0 bridgehead atoms. The molecular formula is C22H25N3O3. The van der Waals surface area contributed by atoms with E-state index in [4.69, 9.17) is 15.2 Å². The Bertz CT molecular complexity index is 1020. The number of aromatic nitrogens is 1. The molecule has 1 amide bonds. The molecule has 1 heterocycles. The van der Waals surface area contributed by atoms with Crippen LogP contribution in [0.15, 0.2) is 42.5 Å². The summed E-state index contributed by atoms with van der Waals surface area (Å²) in [4.78, 5) is 11.8. The third kappa shape index (κ3) is 3.38.